The number of hydrogen-bond acceptors (Lipinski definition) is 6. The van der Waals surface area contributed by atoms with Crippen molar-refractivity contribution in [1.82, 2.24) is 10.2 Å². The van der Waals surface area contributed by atoms with Crippen LogP contribution in [0.3, 0.4) is 0 Å². The Kier molecular flexibility index (Phi) is 6.41. The SMILES string of the molecule is CC(C)CC[C@]1(C)NC(=O)N(CC(=O)OCC(=O)c2ccc(Cl)s2)C1=O. The highest BCUT2D eigenvalue weighted by atomic mass is 35.5. The van der Waals surface area contributed by atoms with Crippen LogP contribution >= 0.6 is 22.9 Å². The van der Waals surface area contributed by atoms with Gasteiger partial charge in [0, 0.05) is 0 Å². The van der Waals surface area contributed by atoms with Gasteiger partial charge in [-0.15, -0.1) is 11.3 Å². The fourth-order valence-electron chi connectivity index (χ4n) is 2.49. The Morgan fingerprint density at radius 1 is 1.35 bits per heavy atom. The first kappa shape index (κ1) is 20.4. The first-order valence-corrected chi connectivity index (χ1v) is 9.40. The lowest BCUT2D eigenvalue weighted by atomic mass is 9.92. The molecule has 1 saturated heterocycles. The molecular formula is C17H21ClN2O5S. The number of imide groups is 1. The Morgan fingerprint density at radius 2 is 2.04 bits per heavy atom. The van der Waals surface area contributed by atoms with Crippen LogP contribution in [-0.4, -0.2) is 47.3 Å². The van der Waals surface area contributed by atoms with Crippen molar-refractivity contribution < 1.29 is 23.9 Å². The van der Waals surface area contributed by atoms with E-state index in [0.717, 1.165) is 22.7 Å². The number of urea groups is 1. The Balaban J connectivity index is 1.89. The standard InChI is InChI=1S/C17H21ClN2O5S/c1-10(2)6-7-17(3)15(23)20(16(24)19-17)8-14(22)25-9-11(21)12-4-5-13(18)26-12/h4-5,10H,6-9H2,1-3H3,(H,19,24)/t17-/m0/s1. The third-order valence-corrected chi connectivity index (χ3v) is 5.34. The molecule has 0 saturated carbocycles. The van der Waals surface area contributed by atoms with Crippen LogP contribution in [0.25, 0.3) is 0 Å². The monoisotopic (exact) mass is 400 g/mol. The van der Waals surface area contributed by atoms with E-state index in [1.165, 1.54) is 0 Å². The number of hydrogen-bond donors (Lipinski definition) is 1. The Hall–Kier alpha value is -1.93. The number of carbonyl (C=O) groups is 4. The van der Waals surface area contributed by atoms with Gasteiger partial charge < -0.3 is 10.1 Å². The molecule has 9 heteroatoms. The van der Waals surface area contributed by atoms with Gasteiger partial charge in [-0.05, 0) is 37.8 Å². The lowest BCUT2D eigenvalue weighted by Gasteiger charge is -2.22. The fraction of sp³-hybridized carbons (Fsp3) is 0.529. The summed E-state index contributed by atoms with van der Waals surface area (Å²) in [5.41, 5.74) is -1.02. The number of ketones is 1. The number of halogens is 1. The quantitative estimate of drug-likeness (QED) is 0.411. The van der Waals surface area contributed by atoms with Crippen LogP contribution < -0.4 is 5.32 Å². The summed E-state index contributed by atoms with van der Waals surface area (Å²) < 4.78 is 5.35. The minimum atomic E-state index is -1.02. The molecular weight excluding hydrogens is 380 g/mol. The van der Waals surface area contributed by atoms with Crippen molar-refractivity contribution in [3.8, 4) is 0 Å². The molecule has 1 aromatic heterocycles. The maximum atomic E-state index is 12.5. The summed E-state index contributed by atoms with van der Waals surface area (Å²) in [5.74, 6) is -1.30. The summed E-state index contributed by atoms with van der Waals surface area (Å²) >= 11 is 6.84. The van der Waals surface area contributed by atoms with Crippen molar-refractivity contribution in [2.75, 3.05) is 13.2 Å². The molecule has 142 valence electrons. The van der Waals surface area contributed by atoms with Crippen LogP contribution in [0.1, 0.15) is 43.3 Å². The van der Waals surface area contributed by atoms with Crippen molar-refractivity contribution in [1.29, 1.82) is 0 Å². The highest BCUT2D eigenvalue weighted by Crippen LogP contribution is 2.25. The molecule has 1 atom stereocenters. The second kappa shape index (κ2) is 8.18. The van der Waals surface area contributed by atoms with E-state index >= 15 is 0 Å². The van der Waals surface area contributed by atoms with E-state index < -0.39 is 42.4 Å². The zero-order chi connectivity index (χ0) is 19.5. The number of nitrogens with zero attached hydrogens (tertiary/aromatic N) is 1. The Labute approximate surface area is 160 Å². The lowest BCUT2D eigenvalue weighted by molar-refractivity contribution is -0.146. The minimum Gasteiger partial charge on any atom is -0.456 e. The third kappa shape index (κ3) is 4.82. The van der Waals surface area contributed by atoms with Crippen molar-refractivity contribution in [3.63, 3.8) is 0 Å². The molecule has 1 aromatic rings. The summed E-state index contributed by atoms with van der Waals surface area (Å²) in [5, 5.41) is 2.63. The third-order valence-electron chi connectivity index (χ3n) is 4.07. The van der Waals surface area contributed by atoms with E-state index in [2.05, 4.69) is 5.32 Å². The van der Waals surface area contributed by atoms with Crippen LogP contribution in [0.2, 0.25) is 4.34 Å². The van der Waals surface area contributed by atoms with Gasteiger partial charge in [0.25, 0.3) is 5.91 Å². The molecule has 0 bridgehead atoms. The summed E-state index contributed by atoms with van der Waals surface area (Å²) in [4.78, 5) is 49.6. The van der Waals surface area contributed by atoms with Gasteiger partial charge in [0.05, 0.1) is 9.21 Å². The van der Waals surface area contributed by atoms with Crippen LogP contribution in [0.15, 0.2) is 12.1 Å². The average Bonchev–Trinajstić information content (AvgIpc) is 3.08. The summed E-state index contributed by atoms with van der Waals surface area (Å²) in [7, 11) is 0. The number of carbonyl (C=O) groups excluding carboxylic acids is 4. The number of amides is 3. The molecule has 0 radical (unpaired) electrons. The summed E-state index contributed by atoms with van der Waals surface area (Å²) in [6.07, 6.45) is 1.25. The van der Waals surface area contributed by atoms with Crippen LogP contribution in [0.5, 0.6) is 0 Å². The molecule has 1 fully saturated rings. The Bertz CT molecular complexity index is 732. The number of thiophene rings is 1. The predicted molar refractivity (Wildman–Crippen MR) is 97.3 cm³/mol. The van der Waals surface area contributed by atoms with Crippen molar-refractivity contribution in [2.24, 2.45) is 5.92 Å². The molecule has 0 unspecified atom stereocenters. The van der Waals surface area contributed by atoms with Gasteiger partial charge >= 0.3 is 12.0 Å². The maximum Gasteiger partial charge on any atom is 0.326 e. The molecule has 1 N–H and O–H groups in total. The number of ether oxygens (including phenoxy) is 1. The van der Waals surface area contributed by atoms with Gasteiger partial charge in [-0.25, -0.2) is 4.79 Å². The van der Waals surface area contributed by atoms with Crippen LogP contribution in [-0.2, 0) is 14.3 Å². The van der Waals surface area contributed by atoms with E-state index in [1.54, 1.807) is 19.1 Å². The maximum absolute atomic E-state index is 12.5. The van der Waals surface area contributed by atoms with Gasteiger partial charge in [0.1, 0.15) is 12.1 Å². The van der Waals surface area contributed by atoms with Crippen molar-refractivity contribution in [2.45, 2.75) is 39.2 Å². The average molecular weight is 401 g/mol. The highest BCUT2D eigenvalue weighted by molar-refractivity contribution is 7.18. The fourth-order valence-corrected chi connectivity index (χ4v) is 3.46. The number of nitrogens with one attached hydrogen (secondary N) is 1. The first-order valence-electron chi connectivity index (χ1n) is 8.20. The Morgan fingerprint density at radius 3 is 2.62 bits per heavy atom. The number of rotatable bonds is 8. The van der Waals surface area contributed by atoms with Crippen LogP contribution in [0.4, 0.5) is 4.79 Å². The van der Waals surface area contributed by atoms with Gasteiger partial charge in [0.15, 0.2) is 6.61 Å². The number of Topliss-reactive ketones (excluding diaryl/α,β-unsaturated/α-hetero) is 1. The molecule has 1 aliphatic heterocycles. The van der Waals surface area contributed by atoms with Crippen LogP contribution in [0, 0.1) is 5.92 Å². The molecule has 2 rings (SSSR count). The molecule has 0 aliphatic carbocycles. The number of esters is 1. The molecule has 0 spiro atoms. The van der Waals surface area contributed by atoms with E-state index in [0.29, 0.717) is 21.6 Å². The minimum absolute atomic E-state index is 0.374. The molecule has 26 heavy (non-hydrogen) atoms. The van der Waals surface area contributed by atoms with Gasteiger partial charge in [0.2, 0.25) is 5.78 Å². The van der Waals surface area contributed by atoms with E-state index in [-0.39, 0.29) is 0 Å². The van der Waals surface area contributed by atoms with E-state index in [1.807, 2.05) is 13.8 Å². The zero-order valence-electron chi connectivity index (χ0n) is 14.8. The topological polar surface area (TPSA) is 92.8 Å². The normalized spacial score (nSPS) is 19.8. The zero-order valence-corrected chi connectivity index (χ0v) is 16.4. The second-order valence-electron chi connectivity index (χ2n) is 6.77. The molecule has 0 aromatic carbocycles. The first-order chi connectivity index (χ1) is 12.1. The predicted octanol–water partition coefficient (Wildman–Crippen LogP) is 2.87. The van der Waals surface area contributed by atoms with Gasteiger partial charge in [-0.1, -0.05) is 25.4 Å². The second-order valence-corrected chi connectivity index (χ2v) is 8.49. The van der Waals surface area contributed by atoms with E-state index in [9.17, 15) is 19.2 Å². The van der Waals surface area contributed by atoms with E-state index in [4.69, 9.17) is 16.3 Å². The van der Waals surface area contributed by atoms with Gasteiger partial charge in [-0.2, -0.15) is 0 Å². The molecule has 3 amide bonds. The highest BCUT2D eigenvalue weighted by Gasteiger charge is 2.48. The smallest absolute Gasteiger partial charge is 0.326 e. The largest absolute Gasteiger partial charge is 0.456 e. The van der Waals surface area contributed by atoms with Crippen molar-refractivity contribution in [3.05, 3.63) is 21.3 Å². The molecule has 1 aliphatic rings. The lowest BCUT2D eigenvalue weighted by Crippen LogP contribution is -2.44. The molecule has 7 nitrogen and oxygen atoms in total. The molecule has 2 heterocycles. The van der Waals surface area contributed by atoms with Crippen molar-refractivity contribution >= 4 is 46.6 Å². The summed E-state index contributed by atoms with van der Waals surface area (Å²) in [6.45, 7) is 4.70. The summed E-state index contributed by atoms with van der Waals surface area (Å²) in [6, 6.07) is 2.49. The van der Waals surface area contributed by atoms with Gasteiger partial charge in [-0.3, -0.25) is 19.3 Å².